The minimum Gasteiger partial charge on any atom is -0.494 e. The Morgan fingerprint density at radius 3 is 2.45 bits per heavy atom. The molecule has 114 valence electrons. The van der Waals surface area contributed by atoms with Crippen LogP contribution in [-0.2, 0) is 4.79 Å². The molecule has 0 aliphatic carbocycles. The highest BCUT2D eigenvalue weighted by Crippen LogP contribution is 2.29. The summed E-state index contributed by atoms with van der Waals surface area (Å²) in [5.74, 6) is -0.0854. The van der Waals surface area contributed by atoms with Crippen LogP contribution in [0.1, 0.15) is 17.3 Å². The van der Waals surface area contributed by atoms with Crippen LogP contribution in [0.5, 0.6) is 5.75 Å². The van der Waals surface area contributed by atoms with Crippen molar-refractivity contribution in [1.29, 1.82) is 0 Å². The molecule has 2 aromatic carbocycles. The maximum Gasteiger partial charge on any atom is 0.257 e. The fraction of sp³-hybridized carbons (Fsp3) is 0.125. The van der Waals surface area contributed by atoms with Gasteiger partial charge in [-0.2, -0.15) is 0 Å². The number of carbonyl (C=O) groups excluding carboxylic acids is 2. The van der Waals surface area contributed by atoms with Gasteiger partial charge >= 0.3 is 0 Å². The molecule has 0 radical (unpaired) electrons. The van der Waals surface area contributed by atoms with Crippen molar-refractivity contribution in [3.63, 3.8) is 0 Å². The van der Waals surface area contributed by atoms with E-state index in [1.165, 1.54) is 14.0 Å². The minimum atomic E-state index is -0.337. The van der Waals surface area contributed by atoms with Crippen molar-refractivity contribution in [2.24, 2.45) is 0 Å². The van der Waals surface area contributed by atoms with Crippen molar-refractivity contribution >= 4 is 34.8 Å². The molecule has 0 saturated carbocycles. The van der Waals surface area contributed by atoms with Crippen LogP contribution in [-0.4, -0.2) is 18.9 Å². The quantitative estimate of drug-likeness (QED) is 0.905. The van der Waals surface area contributed by atoms with Gasteiger partial charge in [-0.3, -0.25) is 9.59 Å². The first-order chi connectivity index (χ1) is 10.5. The third-order valence-electron chi connectivity index (χ3n) is 2.89. The molecule has 0 aliphatic heterocycles. The van der Waals surface area contributed by atoms with E-state index in [1.807, 2.05) is 0 Å². The van der Waals surface area contributed by atoms with E-state index < -0.39 is 0 Å². The zero-order valence-corrected chi connectivity index (χ0v) is 12.9. The number of amides is 2. The highest BCUT2D eigenvalue weighted by atomic mass is 35.5. The zero-order valence-electron chi connectivity index (χ0n) is 12.1. The lowest BCUT2D eigenvalue weighted by molar-refractivity contribution is -0.114. The van der Waals surface area contributed by atoms with Gasteiger partial charge in [0.1, 0.15) is 5.75 Å². The van der Waals surface area contributed by atoms with E-state index in [0.717, 1.165) is 0 Å². The summed E-state index contributed by atoms with van der Waals surface area (Å²) >= 11 is 6.00. The van der Waals surface area contributed by atoms with E-state index in [2.05, 4.69) is 10.6 Å². The van der Waals surface area contributed by atoms with Gasteiger partial charge in [0.25, 0.3) is 5.91 Å². The van der Waals surface area contributed by atoms with Crippen molar-refractivity contribution in [3.8, 4) is 5.75 Å². The molecule has 0 fully saturated rings. The van der Waals surface area contributed by atoms with E-state index in [0.29, 0.717) is 27.7 Å². The van der Waals surface area contributed by atoms with Crippen molar-refractivity contribution < 1.29 is 14.3 Å². The number of carbonyl (C=O) groups is 2. The predicted octanol–water partition coefficient (Wildman–Crippen LogP) is 3.56. The monoisotopic (exact) mass is 318 g/mol. The Morgan fingerprint density at radius 1 is 1.09 bits per heavy atom. The van der Waals surface area contributed by atoms with Gasteiger partial charge in [-0.1, -0.05) is 23.7 Å². The summed E-state index contributed by atoms with van der Waals surface area (Å²) < 4.78 is 5.24. The zero-order chi connectivity index (χ0) is 16.1. The number of halogens is 1. The number of ether oxygens (including phenoxy) is 1. The van der Waals surface area contributed by atoms with E-state index in [9.17, 15) is 9.59 Å². The van der Waals surface area contributed by atoms with Crippen LogP contribution in [0.15, 0.2) is 42.5 Å². The number of methoxy groups -OCH3 is 1. The van der Waals surface area contributed by atoms with Gasteiger partial charge in [0.2, 0.25) is 5.91 Å². The van der Waals surface area contributed by atoms with E-state index in [-0.39, 0.29) is 11.8 Å². The number of rotatable bonds is 4. The van der Waals surface area contributed by atoms with Crippen LogP contribution in [0.3, 0.4) is 0 Å². The minimum absolute atomic E-state index is 0.185. The van der Waals surface area contributed by atoms with Crippen LogP contribution in [0, 0.1) is 0 Å². The van der Waals surface area contributed by atoms with Crippen LogP contribution >= 0.6 is 11.6 Å². The van der Waals surface area contributed by atoms with Gasteiger partial charge < -0.3 is 15.4 Å². The van der Waals surface area contributed by atoms with Crippen LogP contribution in [0.2, 0.25) is 5.02 Å². The average Bonchev–Trinajstić information content (AvgIpc) is 2.48. The maximum absolute atomic E-state index is 12.2. The van der Waals surface area contributed by atoms with Crippen LogP contribution in [0.25, 0.3) is 0 Å². The molecule has 0 aromatic heterocycles. The molecule has 0 spiro atoms. The Bertz CT molecular complexity index is 716. The normalized spacial score (nSPS) is 9.95. The number of anilines is 2. The second kappa shape index (κ2) is 6.95. The molecular formula is C16H15ClN2O3. The Balaban J connectivity index is 2.24. The summed E-state index contributed by atoms with van der Waals surface area (Å²) in [6.07, 6.45) is 0. The first-order valence-electron chi connectivity index (χ1n) is 6.52. The molecule has 0 atom stereocenters. The summed E-state index contributed by atoms with van der Waals surface area (Å²) in [6.45, 7) is 1.42. The van der Waals surface area contributed by atoms with E-state index in [1.54, 1.807) is 42.5 Å². The van der Waals surface area contributed by atoms with E-state index in [4.69, 9.17) is 16.3 Å². The summed E-state index contributed by atoms with van der Waals surface area (Å²) in [7, 11) is 1.48. The largest absolute Gasteiger partial charge is 0.494 e. The fourth-order valence-corrected chi connectivity index (χ4v) is 2.13. The van der Waals surface area contributed by atoms with Crippen LogP contribution in [0.4, 0.5) is 11.4 Å². The molecule has 2 amide bonds. The molecule has 2 N–H and O–H groups in total. The van der Waals surface area contributed by atoms with Crippen molar-refractivity contribution in [2.75, 3.05) is 17.7 Å². The predicted molar refractivity (Wildman–Crippen MR) is 86.7 cm³/mol. The second-order valence-corrected chi connectivity index (χ2v) is 4.94. The summed E-state index contributed by atoms with van der Waals surface area (Å²) in [6, 6.07) is 11.7. The fourth-order valence-electron chi connectivity index (χ4n) is 1.91. The molecule has 0 unspecified atom stereocenters. The first-order valence-corrected chi connectivity index (χ1v) is 6.90. The Hall–Kier alpha value is -2.53. The van der Waals surface area contributed by atoms with Gasteiger partial charge in [0.15, 0.2) is 0 Å². The molecule has 6 heteroatoms. The highest BCUT2D eigenvalue weighted by molar-refractivity contribution is 6.34. The van der Waals surface area contributed by atoms with Gasteiger partial charge in [-0.15, -0.1) is 0 Å². The lowest BCUT2D eigenvalue weighted by Gasteiger charge is -2.12. The molecule has 0 heterocycles. The Kier molecular flexibility index (Phi) is 5.01. The van der Waals surface area contributed by atoms with Gasteiger partial charge in [-0.05, 0) is 24.3 Å². The third-order valence-corrected chi connectivity index (χ3v) is 3.22. The molecule has 22 heavy (non-hydrogen) atoms. The number of benzene rings is 2. The molecule has 0 saturated heterocycles. The lowest BCUT2D eigenvalue weighted by atomic mass is 10.2. The molecule has 5 nitrogen and oxygen atoms in total. The maximum atomic E-state index is 12.2. The average molecular weight is 319 g/mol. The van der Waals surface area contributed by atoms with Crippen LogP contribution < -0.4 is 15.4 Å². The van der Waals surface area contributed by atoms with Crippen molar-refractivity contribution in [1.82, 2.24) is 0 Å². The van der Waals surface area contributed by atoms with Crippen molar-refractivity contribution in [3.05, 3.63) is 53.1 Å². The topological polar surface area (TPSA) is 67.4 Å². The smallest absolute Gasteiger partial charge is 0.257 e. The molecule has 0 aliphatic rings. The third kappa shape index (κ3) is 3.77. The SMILES string of the molecule is COc1cc(NC(C)=O)ccc1NC(=O)c1ccccc1Cl. The molecule has 2 aromatic rings. The number of hydrogen-bond acceptors (Lipinski definition) is 3. The summed E-state index contributed by atoms with van der Waals surface area (Å²) in [4.78, 5) is 23.3. The molecule has 2 rings (SSSR count). The summed E-state index contributed by atoms with van der Waals surface area (Å²) in [5, 5.41) is 5.76. The Morgan fingerprint density at radius 2 is 1.82 bits per heavy atom. The van der Waals surface area contributed by atoms with Gasteiger partial charge in [0.05, 0.1) is 23.4 Å². The number of hydrogen-bond donors (Lipinski definition) is 2. The summed E-state index contributed by atoms with van der Waals surface area (Å²) in [5.41, 5.74) is 1.44. The van der Waals surface area contributed by atoms with Gasteiger partial charge in [0, 0.05) is 18.7 Å². The highest BCUT2D eigenvalue weighted by Gasteiger charge is 2.13. The van der Waals surface area contributed by atoms with Gasteiger partial charge in [-0.25, -0.2) is 0 Å². The van der Waals surface area contributed by atoms with E-state index >= 15 is 0 Å². The standard InChI is InChI=1S/C16H15ClN2O3/c1-10(20)18-11-7-8-14(15(9-11)22-2)19-16(21)12-5-3-4-6-13(12)17/h3-9H,1-2H3,(H,18,20)(H,19,21). The first kappa shape index (κ1) is 15.9. The molecule has 0 bridgehead atoms. The van der Waals surface area contributed by atoms with Crippen molar-refractivity contribution in [2.45, 2.75) is 6.92 Å². The molecular weight excluding hydrogens is 304 g/mol. The Labute approximate surface area is 133 Å². The second-order valence-electron chi connectivity index (χ2n) is 4.53. The lowest BCUT2D eigenvalue weighted by Crippen LogP contribution is -2.13. The number of nitrogens with one attached hydrogen (secondary N) is 2.